The maximum atomic E-state index is 12.7. The number of thioether (sulfide) groups is 1. The second-order valence-electron chi connectivity index (χ2n) is 5.08. The molecule has 0 aromatic heterocycles. The minimum atomic E-state index is -0.0487. The molecule has 0 spiro atoms. The van der Waals surface area contributed by atoms with Crippen molar-refractivity contribution in [2.45, 2.75) is 18.5 Å². The van der Waals surface area contributed by atoms with Gasteiger partial charge in [0.25, 0.3) is 0 Å². The Morgan fingerprint density at radius 2 is 2.37 bits per heavy atom. The highest BCUT2D eigenvalue weighted by Gasteiger charge is 2.38. The van der Waals surface area contributed by atoms with Crippen molar-refractivity contribution in [3.63, 3.8) is 0 Å². The molecule has 110 valence electrons. The van der Waals surface area contributed by atoms with Gasteiger partial charge < -0.3 is 19.7 Å². The van der Waals surface area contributed by atoms with Gasteiger partial charge in [-0.1, -0.05) is 0 Å². The largest absolute Gasteiger partial charge is 0.383 e. The highest BCUT2D eigenvalue weighted by atomic mass is 32.2. The quantitative estimate of drug-likeness (QED) is 0.757. The first kappa shape index (κ1) is 15.1. The number of carbonyl (C=O) groups is 1. The number of nitrogens with one attached hydrogen (secondary N) is 1. The zero-order valence-electron chi connectivity index (χ0n) is 11.8. The highest BCUT2D eigenvalue weighted by molar-refractivity contribution is 7.99. The van der Waals surface area contributed by atoms with E-state index >= 15 is 0 Å². The molecule has 6 heteroatoms. The maximum Gasteiger partial charge on any atom is 0.230 e. The van der Waals surface area contributed by atoms with Crippen LogP contribution in [0.1, 0.15) is 6.42 Å². The summed E-state index contributed by atoms with van der Waals surface area (Å²) in [6.07, 6.45) is 1.10. The van der Waals surface area contributed by atoms with Gasteiger partial charge >= 0.3 is 0 Å². The summed E-state index contributed by atoms with van der Waals surface area (Å²) >= 11 is 1.93. The summed E-state index contributed by atoms with van der Waals surface area (Å²) in [7, 11) is 3.58. The fourth-order valence-electron chi connectivity index (χ4n) is 2.73. The van der Waals surface area contributed by atoms with E-state index < -0.39 is 0 Å². The second kappa shape index (κ2) is 7.47. The first-order chi connectivity index (χ1) is 9.27. The number of hydrogen-bond acceptors (Lipinski definition) is 5. The van der Waals surface area contributed by atoms with Crippen LogP contribution in [0.25, 0.3) is 0 Å². The molecule has 2 aliphatic heterocycles. The van der Waals surface area contributed by atoms with Crippen molar-refractivity contribution < 1.29 is 14.3 Å². The van der Waals surface area contributed by atoms with Crippen LogP contribution in [0, 0.1) is 5.92 Å². The van der Waals surface area contributed by atoms with E-state index in [1.807, 2.05) is 23.7 Å². The Bertz CT molecular complexity index is 298. The van der Waals surface area contributed by atoms with Crippen LogP contribution in [0.15, 0.2) is 0 Å². The van der Waals surface area contributed by atoms with Crippen LogP contribution in [0.5, 0.6) is 0 Å². The Morgan fingerprint density at radius 3 is 3.00 bits per heavy atom. The minimum absolute atomic E-state index is 0.0487. The van der Waals surface area contributed by atoms with Crippen LogP contribution in [-0.2, 0) is 14.3 Å². The normalized spacial score (nSPS) is 30.7. The van der Waals surface area contributed by atoms with Crippen molar-refractivity contribution in [3.8, 4) is 0 Å². The molecule has 2 aliphatic rings. The molecule has 2 heterocycles. The molecule has 1 amide bonds. The number of carbonyl (C=O) groups excluding carboxylic acids is 1. The Labute approximate surface area is 119 Å². The van der Waals surface area contributed by atoms with Gasteiger partial charge in [-0.2, -0.15) is 11.8 Å². The fourth-order valence-corrected chi connectivity index (χ4v) is 3.95. The van der Waals surface area contributed by atoms with Gasteiger partial charge in [0.1, 0.15) is 0 Å². The highest BCUT2D eigenvalue weighted by Crippen LogP contribution is 2.25. The summed E-state index contributed by atoms with van der Waals surface area (Å²) in [5, 5.41) is 3.19. The van der Waals surface area contributed by atoms with Crippen molar-refractivity contribution in [2.24, 2.45) is 5.92 Å². The molecule has 5 nitrogen and oxygen atoms in total. The van der Waals surface area contributed by atoms with Crippen LogP contribution >= 0.6 is 11.8 Å². The van der Waals surface area contributed by atoms with Crippen molar-refractivity contribution in [3.05, 3.63) is 0 Å². The Hall–Kier alpha value is -0.300. The van der Waals surface area contributed by atoms with Crippen LogP contribution < -0.4 is 5.32 Å². The third kappa shape index (κ3) is 3.62. The summed E-state index contributed by atoms with van der Waals surface area (Å²) in [6, 6.07) is 0.511. The molecule has 3 atom stereocenters. The zero-order valence-corrected chi connectivity index (χ0v) is 12.6. The Balaban J connectivity index is 2.01. The van der Waals surface area contributed by atoms with Crippen LogP contribution in [0.2, 0.25) is 0 Å². The molecule has 0 aromatic carbocycles. The van der Waals surface area contributed by atoms with Gasteiger partial charge in [0, 0.05) is 31.5 Å². The van der Waals surface area contributed by atoms with E-state index in [0.29, 0.717) is 32.4 Å². The first-order valence-corrected chi connectivity index (χ1v) is 8.05. The summed E-state index contributed by atoms with van der Waals surface area (Å²) in [4.78, 5) is 14.8. The monoisotopic (exact) mass is 288 g/mol. The van der Waals surface area contributed by atoms with Gasteiger partial charge in [0.05, 0.1) is 25.7 Å². The van der Waals surface area contributed by atoms with E-state index in [0.717, 1.165) is 17.9 Å². The van der Waals surface area contributed by atoms with Gasteiger partial charge in [0.2, 0.25) is 5.91 Å². The fraction of sp³-hybridized carbons (Fsp3) is 0.923. The molecule has 0 radical (unpaired) electrons. The lowest BCUT2D eigenvalue weighted by Gasteiger charge is -2.32. The molecular formula is C13H24N2O3S. The molecular weight excluding hydrogens is 264 g/mol. The van der Waals surface area contributed by atoms with E-state index in [2.05, 4.69) is 5.32 Å². The number of rotatable bonds is 6. The molecule has 0 aliphatic carbocycles. The number of ether oxygens (including phenoxy) is 2. The van der Waals surface area contributed by atoms with Crippen molar-refractivity contribution >= 4 is 17.7 Å². The van der Waals surface area contributed by atoms with Gasteiger partial charge in [0.15, 0.2) is 0 Å². The summed E-state index contributed by atoms with van der Waals surface area (Å²) in [5.41, 5.74) is 0. The number of nitrogens with zero attached hydrogens (tertiary/aromatic N) is 1. The van der Waals surface area contributed by atoms with Gasteiger partial charge in [-0.15, -0.1) is 0 Å². The molecule has 2 rings (SSSR count). The molecule has 19 heavy (non-hydrogen) atoms. The lowest BCUT2D eigenvalue weighted by molar-refractivity contribution is -0.138. The Morgan fingerprint density at radius 1 is 1.53 bits per heavy atom. The molecule has 2 saturated heterocycles. The lowest BCUT2D eigenvalue weighted by atomic mass is 10.0. The van der Waals surface area contributed by atoms with Crippen molar-refractivity contribution in [1.82, 2.24) is 10.2 Å². The van der Waals surface area contributed by atoms with Crippen LogP contribution in [0.4, 0.5) is 0 Å². The minimum Gasteiger partial charge on any atom is -0.383 e. The third-order valence-corrected chi connectivity index (χ3v) is 5.08. The SMILES string of the molecule is CNC1COCC1C(=O)N(CCOC)C1CCSC1. The van der Waals surface area contributed by atoms with E-state index in [1.165, 1.54) is 0 Å². The van der Waals surface area contributed by atoms with Crippen molar-refractivity contribution in [1.29, 1.82) is 0 Å². The standard InChI is InChI=1S/C13H24N2O3S/c1-14-12-8-18-7-11(12)13(16)15(4-5-17-2)10-3-6-19-9-10/h10-12,14H,3-9H2,1-2H3. The third-order valence-electron chi connectivity index (χ3n) is 3.93. The molecule has 3 unspecified atom stereocenters. The average molecular weight is 288 g/mol. The van der Waals surface area contributed by atoms with E-state index in [4.69, 9.17) is 9.47 Å². The number of likely N-dealkylation sites (N-methyl/N-ethyl adjacent to an activating group) is 1. The summed E-state index contributed by atoms with van der Waals surface area (Å²) in [5.74, 6) is 2.37. The summed E-state index contributed by atoms with van der Waals surface area (Å²) in [6.45, 7) is 2.45. The average Bonchev–Trinajstić information content (AvgIpc) is 3.09. The molecule has 2 fully saturated rings. The smallest absolute Gasteiger partial charge is 0.230 e. The Kier molecular flexibility index (Phi) is 5.94. The van der Waals surface area contributed by atoms with Crippen molar-refractivity contribution in [2.75, 3.05) is 52.0 Å². The maximum absolute atomic E-state index is 12.7. The van der Waals surface area contributed by atoms with Crippen LogP contribution in [0.3, 0.4) is 0 Å². The van der Waals surface area contributed by atoms with E-state index in [1.54, 1.807) is 7.11 Å². The van der Waals surface area contributed by atoms with Gasteiger partial charge in [-0.3, -0.25) is 4.79 Å². The predicted octanol–water partition coefficient (Wildman–Crippen LogP) is 0.201. The van der Waals surface area contributed by atoms with Gasteiger partial charge in [-0.05, 0) is 19.2 Å². The molecule has 1 N–H and O–H groups in total. The first-order valence-electron chi connectivity index (χ1n) is 6.90. The van der Waals surface area contributed by atoms with Gasteiger partial charge in [-0.25, -0.2) is 0 Å². The number of hydrogen-bond donors (Lipinski definition) is 1. The topological polar surface area (TPSA) is 50.8 Å². The second-order valence-corrected chi connectivity index (χ2v) is 6.23. The number of methoxy groups -OCH3 is 1. The summed E-state index contributed by atoms with van der Waals surface area (Å²) < 4.78 is 10.6. The van der Waals surface area contributed by atoms with E-state index in [-0.39, 0.29) is 17.9 Å². The molecule has 0 saturated carbocycles. The lowest BCUT2D eigenvalue weighted by Crippen LogP contribution is -2.50. The molecule has 0 aromatic rings. The van der Waals surface area contributed by atoms with Crippen LogP contribution in [-0.4, -0.2) is 74.9 Å². The number of amides is 1. The predicted molar refractivity (Wildman–Crippen MR) is 76.5 cm³/mol. The van der Waals surface area contributed by atoms with E-state index in [9.17, 15) is 4.79 Å². The molecule has 0 bridgehead atoms. The zero-order chi connectivity index (χ0) is 13.7.